The number of aromatic nitrogens is 2. The van der Waals surface area contributed by atoms with Crippen LogP contribution in [0.2, 0.25) is 0 Å². The number of H-pyrrole nitrogens is 1. The third-order valence-electron chi connectivity index (χ3n) is 2.59. The van der Waals surface area contributed by atoms with Gasteiger partial charge in [0.2, 0.25) is 0 Å². The Kier molecular flexibility index (Phi) is 4.08. The Labute approximate surface area is 116 Å². The largest absolute Gasteiger partial charge is 0.416 e. The topological polar surface area (TPSA) is 55.0 Å². The minimum Gasteiger partial charge on any atom is -0.378 e. The summed E-state index contributed by atoms with van der Waals surface area (Å²) in [5.74, 6) is -1.22. The lowest BCUT2D eigenvalue weighted by Gasteiger charge is -2.09. The molecular formula is C13H10F4N2O2. The fourth-order valence-electron chi connectivity index (χ4n) is 1.76. The van der Waals surface area contributed by atoms with Crippen LogP contribution in [0.1, 0.15) is 11.3 Å². The molecule has 8 heteroatoms. The first-order chi connectivity index (χ1) is 9.79. The number of halogens is 4. The van der Waals surface area contributed by atoms with Gasteiger partial charge in [0, 0.05) is 18.7 Å². The Bertz CT molecular complexity index is 710. The van der Waals surface area contributed by atoms with Crippen molar-refractivity contribution >= 4 is 0 Å². The third-order valence-corrected chi connectivity index (χ3v) is 2.59. The van der Waals surface area contributed by atoms with Gasteiger partial charge < -0.3 is 9.72 Å². The SMILES string of the molecule is COCc1cc(=O)[nH]c(-c2cc(F)cc(C(F)(F)F)c2)n1. The van der Waals surface area contributed by atoms with Crippen LogP contribution in [0, 0.1) is 5.82 Å². The van der Waals surface area contributed by atoms with Crippen molar-refractivity contribution in [3.8, 4) is 11.4 Å². The van der Waals surface area contributed by atoms with Crippen LogP contribution in [0.25, 0.3) is 11.4 Å². The molecular weight excluding hydrogens is 292 g/mol. The highest BCUT2D eigenvalue weighted by atomic mass is 19.4. The average Bonchev–Trinajstić information content (AvgIpc) is 2.36. The number of hydrogen-bond donors (Lipinski definition) is 1. The van der Waals surface area contributed by atoms with Gasteiger partial charge in [0.1, 0.15) is 11.6 Å². The molecule has 0 radical (unpaired) electrons. The lowest BCUT2D eigenvalue weighted by Crippen LogP contribution is -2.12. The van der Waals surface area contributed by atoms with Crippen LogP contribution in [0.3, 0.4) is 0 Å². The Morgan fingerprint density at radius 1 is 1.24 bits per heavy atom. The number of nitrogens with zero attached hydrogens (tertiary/aromatic N) is 1. The predicted molar refractivity (Wildman–Crippen MR) is 66.0 cm³/mol. The van der Waals surface area contributed by atoms with Crippen molar-refractivity contribution in [1.29, 1.82) is 0 Å². The molecule has 0 saturated heterocycles. The van der Waals surface area contributed by atoms with Gasteiger partial charge in [0.25, 0.3) is 5.56 Å². The van der Waals surface area contributed by atoms with Crippen LogP contribution in [0.15, 0.2) is 29.1 Å². The van der Waals surface area contributed by atoms with E-state index in [1.165, 1.54) is 7.11 Å². The molecule has 1 heterocycles. The highest BCUT2D eigenvalue weighted by molar-refractivity contribution is 5.56. The molecule has 0 aliphatic carbocycles. The molecule has 0 unspecified atom stereocenters. The van der Waals surface area contributed by atoms with Gasteiger partial charge in [-0.2, -0.15) is 13.2 Å². The summed E-state index contributed by atoms with van der Waals surface area (Å²) in [5.41, 5.74) is -1.66. The van der Waals surface area contributed by atoms with Crippen molar-refractivity contribution in [2.24, 2.45) is 0 Å². The van der Waals surface area contributed by atoms with E-state index in [1.54, 1.807) is 0 Å². The number of ether oxygens (including phenoxy) is 1. The zero-order valence-corrected chi connectivity index (χ0v) is 10.8. The summed E-state index contributed by atoms with van der Waals surface area (Å²) in [7, 11) is 1.38. The van der Waals surface area contributed by atoms with Crippen molar-refractivity contribution in [1.82, 2.24) is 9.97 Å². The summed E-state index contributed by atoms with van der Waals surface area (Å²) >= 11 is 0. The summed E-state index contributed by atoms with van der Waals surface area (Å²) in [4.78, 5) is 17.7. The quantitative estimate of drug-likeness (QED) is 0.887. The molecule has 0 spiro atoms. The smallest absolute Gasteiger partial charge is 0.378 e. The van der Waals surface area contributed by atoms with E-state index < -0.39 is 23.1 Å². The summed E-state index contributed by atoms with van der Waals surface area (Å²) in [6.45, 7) is 0.0123. The number of hydrogen-bond acceptors (Lipinski definition) is 3. The van der Waals surface area contributed by atoms with Crippen molar-refractivity contribution in [2.75, 3.05) is 7.11 Å². The van der Waals surface area contributed by atoms with E-state index in [2.05, 4.69) is 9.97 Å². The van der Waals surface area contributed by atoms with Crippen LogP contribution < -0.4 is 5.56 Å². The van der Waals surface area contributed by atoms with Crippen LogP contribution in [-0.2, 0) is 17.5 Å². The Hall–Kier alpha value is -2.22. The number of benzene rings is 1. The monoisotopic (exact) mass is 302 g/mol. The van der Waals surface area contributed by atoms with Crippen LogP contribution in [-0.4, -0.2) is 17.1 Å². The minimum atomic E-state index is -4.69. The Morgan fingerprint density at radius 3 is 2.57 bits per heavy atom. The number of methoxy groups -OCH3 is 1. The molecule has 1 N–H and O–H groups in total. The van der Waals surface area contributed by atoms with Gasteiger partial charge in [0.15, 0.2) is 0 Å². The first-order valence-corrected chi connectivity index (χ1v) is 5.77. The van der Waals surface area contributed by atoms with Gasteiger partial charge in [-0.05, 0) is 18.2 Å². The molecule has 0 aliphatic rings. The Morgan fingerprint density at radius 2 is 1.95 bits per heavy atom. The van der Waals surface area contributed by atoms with Gasteiger partial charge in [-0.15, -0.1) is 0 Å². The van der Waals surface area contributed by atoms with E-state index in [0.717, 1.165) is 18.2 Å². The first-order valence-electron chi connectivity index (χ1n) is 5.77. The molecule has 21 heavy (non-hydrogen) atoms. The van der Waals surface area contributed by atoms with E-state index in [-0.39, 0.29) is 23.7 Å². The summed E-state index contributed by atoms with van der Waals surface area (Å²) in [6, 6.07) is 3.11. The Balaban J connectivity index is 2.56. The summed E-state index contributed by atoms with van der Waals surface area (Å²) < 4.78 is 56.1. The summed E-state index contributed by atoms with van der Waals surface area (Å²) in [5, 5.41) is 0. The van der Waals surface area contributed by atoms with E-state index in [4.69, 9.17) is 4.74 Å². The van der Waals surface area contributed by atoms with Crippen molar-refractivity contribution in [3.63, 3.8) is 0 Å². The van der Waals surface area contributed by atoms with Gasteiger partial charge in [-0.25, -0.2) is 9.37 Å². The van der Waals surface area contributed by atoms with E-state index in [1.807, 2.05) is 0 Å². The molecule has 0 aliphatic heterocycles. The van der Waals surface area contributed by atoms with E-state index in [9.17, 15) is 22.4 Å². The normalized spacial score (nSPS) is 11.7. The van der Waals surface area contributed by atoms with E-state index in [0.29, 0.717) is 6.07 Å². The maximum Gasteiger partial charge on any atom is 0.416 e. The first kappa shape index (κ1) is 15.2. The molecule has 4 nitrogen and oxygen atoms in total. The highest BCUT2D eigenvalue weighted by Crippen LogP contribution is 2.32. The number of rotatable bonds is 3. The zero-order valence-electron chi connectivity index (χ0n) is 10.8. The molecule has 0 amide bonds. The van der Waals surface area contributed by atoms with Crippen LogP contribution >= 0.6 is 0 Å². The third kappa shape index (κ3) is 3.66. The van der Waals surface area contributed by atoms with Gasteiger partial charge in [-0.3, -0.25) is 4.79 Å². The molecule has 2 aromatic rings. The van der Waals surface area contributed by atoms with Gasteiger partial charge in [0.05, 0.1) is 17.9 Å². The van der Waals surface area contributed by atoms with Gasteiger partial charge >= 0.3 is 6.18 Å². The maximum absolute atomic E-state index is 13.3. The minimum absolute atomic E-state index is 0.0123. The predicted octanol–water partition coefficient (Wildman–Crippen LogP) is 2.74. The molecule has 0 bridgehead atoms. The molecule has 0 fully saturated rings. The molecule has 0 saturated carbocycles. The van der Waals surface area contributed by atoms with Crippen molar-refractivity contribution in [3.05, 3.63) is 51.7 Å². The number of aromatic amines is 1. The standard InChI is InChI=1S/C13H10F4N2O2/c1-21-6-10-5-11(20)19-12(18-10)7-2-8(13(15,16)17)4-9(14)3-7/h2-5H,6H2,1H3,(H,18,19,20). The molecule has 2 rings (SSSR count). The number of nitrogens with one attached hydrogen (secondary N) is 1. The second-order valence-electron chi connectivity index (χ2n) is 4.24. The van der Waals surface area contributed by atoms with E-state index >= 15 is 0 Å². The molecule has 112 valence electrons. The average molecular weight is 302 g/mol. The van der Waals surface area contributed by atoms with Crippen molar-refractivity contribution < 1.29 is 22.3 Å². The maximum atomic E-state index is 13.3. The summed E-state index contributed by atoms with van der Waals surface area (Å²) in [6.07, 6.45) is -4.69. The van der Waals surface area contributed by atoms with Gasteiger partial charge in [-0.1, -0.05) is 0 Å². The van der Waals surface area contributed by atoms with Crippen LogP contribution in [0.5, 0.6) is 0 Å². The van der Waals surface area contributed by atoms with Crippen molar-refractivity contribution in [2.45, 2.75) is 12.8 Å². The second kappa shape index (κ2) is 5.65. The molecule has 1 aromatic heterocycles. The van der Waals surface area contributed by atoms with Crippen LogP contribution in [0.4, 0.5) is 17.6 Å². The molecule has 0 atom stereocenters. The highest BCUT2D eigenvalue weighted by Gasteiger charge is 2.31. The molecule has 1 aromatic carbocycles. The fourth-order valence-corrected chi connectivity index (χ4v) is 1.76. The number of alkyl halides is 3. The lowest BCUT2D eigenvalue weighted by atomic mass is 10.1. The lowest BCUT2D eigenvalue weighted by molar-refractivity contribution is -0.137. The fraction of sp³-hybridized carbons (Fsp3) is 0.231. The second-order valence-corrected chi connectivity index (χ2v) is 4.24. The zero-order chi connectivity index (χ0) is 15.6.